The summed E-state index contributed by atoms with van der Waals surface area (Å²) in [5, 5.41) is 18.5. The second kappa shape index (κ2) is 27.1. The van der Waals surface area contributed by atoms with Crippen molar-refractivity contribution in [1.29, 1.82) is 0 Å². The number of unbranched alkanes of at least 4 members (excludes halogenated alkanes) is 13. The minimum Gasteiger partial charge on any atom is -0.481 e. The number of carbonyl (C=O) groups is 2. The molecule has 0 aliphatic heterocycles. The molecule has 3 atom stereocenters. The minimum absolute atomic E-state index is 0.314. The van der Waals surface area contributed by atoms with Crippen LogP contribution in [0.3, 0.4) is 0 Å². The lowest BCUT2D eigenvalue weighted by Crippen LogP contribution is -2.24. The molecule has 4 heteroatoms. The standard InChI is InChI=1S/C35H68O4/c1-5-9-23-30(7-3)27-33(28-31(8-4)24-10-6-2)32(29-35(38)39)25-21-19-17-15-13-11-12-14-16-18-20-22-26-34(36)37/h30-33H,5-29H2,1-4H3,(H,36,37)(H,38,39). The molecule has 0 aromatic heterocycles. The van der Waals surface area contributed by atoms with Crippen LogP contribution in [-0.4, -0.2) is 22.2 Å². The van der Waals surface area contributed by atoms with E-state index in [1.54, 1.807) is 0 Å². The third-order valence-electron chi connectivity index (χ3n) is 9.18. The van der Waals surface area contributed by atoms with E-state index in [1.165, 1.54) is 128 Å². The first-order valence-electron chi connectivity index (χ1n) is 17.3. The molecule has 2 N–H and O–H groups in total. The van der Waals surface area contributed by atoms with Crippen LogP contribution in [0.5, 0.6) is 0 Å². The Kier molecular flexibility index (Phi) is 26.4. The zero-order chi connectivity index (χ0) is 29.1. The highest BCUT2D eigenvalue weighted by Gasteiger charge is 2.28. The van der Waals surface area contributed by atoms with Gasteiger partial charge in [-0.15, -0.1) is 0 Å². The van der Waals surface area contributed by atoms with E-state index in [1.807, 2.05) is 0 Å². The molecule has 0 aliphatic rings. The highest BCUT2D eigenvalue weighted by molar-refractivity contribution is 5.67. The van der Waals surface area contributed by atoms with Crippen LogP contribution >= 0.6 is 0 Å². The average Bonchev–Trinajstić information content (AvgIpc) is 2.91. The van der Waals surface area contributed by atoms with Gasteiger partial charge in [-0.3, -0.25) is 9.59 Å². The molecule has 0 aromatic rings. The second-order valence-electron chi connectivity index (χ2n) is 12.6. The van der Waals surface area contributed by atoms with Gasteiger partial charge in [-0.1, -0.05) is 150 Å². The number of hydrogen-bond acceptors (Lipinski definition) is 2. The van der Waals surface area contributed by atoms with E-state index in [4.69, 9.17) is 5.11 Å². The van der Waals surface area contributed by atoms with Gasteiger partial charge in [0.05, 0.1) is 0 Å². The molecule has 0 amide bonds. The topological polar surface area (TPSA) is 74.6 Å². The quantitative estimate of drug-likeness (QED) is 0.0869. The van der Waals surface area contributed by atoms with Crippen LogP contribution in [0, 0.1) is 23.7 Å². The zero-order valence-electron chi connectivity index (χ0n) is 26.7. The lowest BCUT2D eigenvalue weighted by atomic mass is 9.73. The first-order chi connectivity index (χ1) is 18.9. The van der Waals surface area contributed by atoms with Gasteiger partial charge in [0, 0.05) is 12.8 Å². The van der Waals surface area contributed by atoms with Gasteiger partial charge in [0.15, 0.2) is 0 Å². The third kappa shape index (κ3) is 23.4. The SMILES string of the molecule is CCCCC(CC)CC(CC(CC)CCCC)C(CCCCCCCCCCCCCCC(=O)O)CC(=O)O. The predicted octanol–water partition coefficient (Wildman–Crippen LogP) is 11.5. The summed E-state index contributed by atoms with van der Waals surface area (Å²) in [5.74, 6) is 1.12. The van der Waals surface area contributed by atoms with Gasteiger partial charge in [0.1, 0.15) is 0 Å². The van der Waals surface area contributed by atoms with Crippen LogP contribution in [0.4, 0.5) is 0 Å². The molecule has 232 valence electrons. The number of carboxylic acid groups (broad SMARTS) is 2. The Hall–Kier alpha value is -1.06. The van der Waals surface area contributed by atoms with Gasteiger partial charge in [0.2, 0.25) is 0 Å². The lowest BCUT2D eigenvalue weighted by molar-refractivity contribution is -0.139. The summed E-state index contributed by atoms with van der Waals surface area (Å²) >= 11 is 0. The Morgan fingerprint density at radius 1 is 0.487 bits per heavy atom. The highest BCUT2D eigenvalue weighted by Crippen LogP contribution is 2.37. The third-order valence-corrected chi connectivity index (χ3v) is 9.18. The maximum atomic E-state index is 11.9. The summed E-state index contributed by atoms with van der Waals surface area (Å²) in [7, 11) is 0. The molecule has 0 fully saturated rings. The smallest absolute Gasteiger partial charge is 0.303 e. The molecule has 0 saturated heterocycles. The maximum absolute atomic E-state index is 11.9. The molecule has 0 heterocycles. The summed E-state index contributed by atoms with van der Waals surface area (Å²) in [4.78, 5) is 22.5. The fourth-order valence-electron chi connectivity index (χ4n) is 6.48. The summed E-state index contributed by atoms with van der Waals surface area (Å²) in [5.41, 5.74) is 0. The fraction of sp³-hybridized carbons (Fsp3) is 0.943. The zero-order valence-corrected chi connectivity index (χ0v) is 26.7. The van der Waals surface area contributed by atoms with Crippen molar-refractivity contribution >= 4 is 11.9 Å². The summed E-state index contributed by atoms with van der Waals surface area (Å²) in [6.07, 6.45) is 28.9. The van der Waals surface area contributed by atoms with E-state index < -0.39 is 11.9 Å². The molecule has 0 radical (unpaired) electrons. The van der Waals surface area contributed by atoms with Gasteiger partial charge in [0.25, 0.3) is 0 Å². The van der Waals surface area contributed by atoms with E-state index in [-0.39, 0.29) is 0 Å². The molecule has 4 nitrogen and oxygen atoms in total. The van der Waals surface area contributed by atoms with Crippen molar-refractivity contribution in [3.05, 3.63) is 0 Å². The van der Waals surface area contributed by atoms with Crippen molar-refractivity contribution in [2.45, 2.75) is 188 Å². The van der Waals surface area contributed by atoms with Crippen molar-refractivity contribution < 1.29 is 19.8 Å². The van der Waals surface area contributed by atoms with Gasteiger partial charge in [-0.25, -0.2) is 0 Å². The van der Waals surface area contributed by atoms with Crippen LogP contribution < -0.4 is 0 Å². The lowest BCUT2D eigenvalue weighted by Gasteiger charge is -2.32. The Bertz CT molecular complexity index is 543. The summed E-state index contributed by atoms with van der Waals surface area (Å²) < 4.78 is 0. The van der Waals surface area contributed by atoms with Crippen molar-refractivity contribution in [2.24, 2.45) is 23.7 Å². The average molecular weight is 553 g/mol. The first kappa shape index (κ1) is 37.9. The molecular formula is C35H68O4. The normalized spacial score (nSPS) is 14.7. The molecule has 0 saturated carbocycles. The molecule has 39 heavy (non-hydrogen) atoms. The molecule has 0 aliphatic carbocycles. The molecule has 0 spiro atoms. The van der Waals surface area contributed by atoms with E-state index in [9.17, 15) is 14.7 Å². The Morgan fingerprint density at radius 3 is 1.26 bits per heavy atom. The highest BCUT2D eigenvalue weighted by atomic mass is 16.4. The van der Waals surface area contributed by atoms with Crippen LogP contribution in [0.15, 0.2) is 0 Å². The van der Waals surface area contributed by atoms with Crippen molar-refractivity contribution in [3.63, 3.8) is 0 Å². The molecular weight excluding hydrogens is 484 g/mol. The first-order valence-corrected chi connectivity index (χ1v) is 17.3. The van der Waals surface area contributed by atoms with E-state index in [2.05, 4.69) is 27.7 Å². The Labute approximate surface area is 243 Å². The number of rotatable bonds is 30. The number of hydrogen-bond donors (Lipinski definition) is 2. The van der Waals surface area contributed by atoms with E-state index in [0.717, 1.165) is 31.1 Å². The van der Waals surface area contributed by atoms with Crippen molar-refractivity contribution in [2.75, 3.05) is 0 Å². The van der Waals surface area contributed by atoms with Crippen molar-refractivity contribution in [1.82, 2.24) is 0 Å². The maximum Gasteiger partial charge on any atom is 0.303 e. The molecule has 3 unspecified atom stereocenters. The van der Waals surface area contributed by atoms with Crippen LogP contribution in [0.25, 0.3) is 0 Å². The molecule has 0 bridgehead atoms. The minimum atomic E-state index is -0.674. The van der Waals surface area contributed by atoms with Crippen molar-refractivity contribution in [3.8, 4) is 0 Å². The van der Waals surface area contributed by atoms with Gasteiger partial charge < -0.3 is 10.2 Å². The van der Waals surface area contributed by atoms with E-state index in [0.29, 0.717) is 24.7 Å². The van der Waals surface area contributed by atoms with Gasteiger partial charge in [-0.2, -0.15) is 0 Å². The van der Waals surface area contributed by atoms with Gasteiger partial charge >= 0.3 is 11.9 Å². The van der Waals surface area contributed by atoms with Crippen LogP contribution in [0.1, 0.15) is 188 Å². The van der Waals surface area contributed by atoms with Gasteiger partial charge in [-0.05, 0) is 49.4 Å². The fourth-order valence-corrected chi connectivity index (χ4v) is 6.48. The Morgan fingerprint density at radius 2 is 0.897 bits per heavy atom. The largest absolute Gasteiger partial charge is 0.481 e. The van der Waals surface area contributed by atoms with E-state index >= 15 is 0 Å². The van der Waals surface area contributed by atoms with Crippen LogP contribution in [0.2, 0.25) is 0 Å². The Balaban J connectivity index is 4.56. The summed E-state index contributed by atoms with van der Waals surface area (Å²) in [6.45, 7) is 9.23. The number of carboxylic acids is 2. The molecule has 0 aromatic carbocycles. The molecule has 0 rings (SSSR count). The monoisotopic (exact) mass is 553 g/mol. The second-order valence-corrected chi connectivity index (χ2v) is 12.6. The number of aliphatic carboxylic acids is 2. The predicted molar refractivity (Wildman–Crippen MR) is 167 cm³/mol. The van der Waals surface area contributed by atoms with Crippen LogP contribution in [-0.2, 0) is 9.59 Å². The summed E-state index contributed by atoms with van der Waals surface area (Å²) in [6, 6.07) is 0.